The highest BCUT2D eigenvalue weighted by Gasteiger charge is 2.02. The summed E-state index contributed by atoms with van der Waals surface area (Å²) < 4.78 is 0. The standard InChI is InChI=1S/C17H32O/c1-4-7-8-9-10-11-12-13-14-16(5-2)17(6-3)15-18/h15H,4-14H2,1-3H3/b17-16-. The van der Waals surface area contributed by atoms with Crippen molar-refractivity contribution in [2.45, 2.75) is 91.4 Å². The predicted molar refractivity (Wildman–Crippen MR) is 80.9 cm³/mol. The molecule has 0 spiro atoms. The molecular formula is C17H32O. The van der Waals surface area contributed by atoms with Crippen LogP contribution in [0.2, 0.25) is 0 Å². The first kappa shape index (κ1) is 17.4. The van der Waals surface area contributed by atoms with E-state index in [1.807, 2.05) is 0 Å². The monoisotopic (exact) mass is 252 g/mol. The molecule has 0 aromatic carbocycles. The van der Waals surface area contributed by atoms with E-state index in [1.165, 1.54) is 56.9 Å². The molecule has 0 amide bonds. The summed E-state index contributed by atoms with van der Waals surface area (Å²) in [6, 6.07) is 0. The van der Waals surface area contributed by atoms with Gasteiger partial charge in [-0.3, -0.25) is 4.79 Å². The Hall–Kier alpha value is -0.590. The average molecular weight is 252 g/mol. The summed E-state index contributed by atoms with van der Waals surface area (Å²) in [5.74, 6) is 0. The number of carbonyl (C=O) groups excluding carboxylic acids is 1. The van der Waals surface area contributed by atoms with E-state index in [4.69, 9.17) is 0 Å². The highest BCUT2D eigenvalue weighted by atomic mass is 16.1. The molecule has 0 aliphatic rings. The van der Waals surface area contributed by atoms with Crippen LogP contribution in [0.4, 0.5) is 0 Å². The van der Waals surface area contributed by atoms with E-state index in [9.17, 15) is 4.79 Å². The zero-order chi connectivity index (χ0) is 13.6. The van der Waals surface area contributed by atoms with Crippen LogP contribution in [0.1, 0.15) is 91.4 Å². The van der Waals surface area contributed by atoms with Gasteiger partial charge in [-0.05, 0) is 31.3 Å². The molecule has 0 aliphatic carbocycles. The molecule has 0 rings (SSSR count). The van der Waals surface area contributed by atoms with E-state index in [0.29, 0.717) is 0 Å². The molecule has 0 aromatic rings. The van der Waals surface area contributed by atoms with Crippen molar-refractivity contribution in [3.05, 3.63) is 11.1 Å². The Morgan fingerprint density at radius 2 is 1.33 bits per heavy atom. The highest BCUT2D eigenvalue weighted by molar-refractivity contribution is 5.74. The molecule has 0 heterocycles. The van der Waals surface area contributed by atoms with Crippen molar-refractivity contribution < 1.29 is 4.79 Å². The number of carbonyl (C=O) groups is 1. The van der Waals surface area contributed by atoms with Gasteiger partial charge in [0.25, 0.3) is 0 Å². The summed E-state index contributed by atoms with van der Waals surface area (Å²) >= 11 is 0. The van der Waals surface area contributed by atoms with Gasteiger partial charge in [0.15, 0.2) is 0 Å². The van der Waals surface area contributed by atoms with Crippen LogP contribution in [-0.2, 0) is 4.79 Å². The lowest BCUT2D eigenvalue weighted by Crippen LogP contribution is -1.93. The zero-order valence-electron chi connectivity index (χ0n) is 12.8. The van der Waals surface area contributed by atoms with E-state index >= 15 is 0 Å². The van der Waals surface area contributed by atoms with Crippen molar-refractivity contribution in [3.8, 4) is 0 Å². The van der Waals surface area contributed by atoms with Crippen molar-refractivity contribution in [1.29, 1.82) is 0 Å². The van der Waals surface area contributed by atoms with Crippen LogP contribution in [0.15, 0.2) is 11.1 Å². The van der Waals surface area contributed by atoms with Gasteiger partial charge in [0.05, 0.1) is 0 Å². The van der Waals surface area contributed by atoms with Gasteiger partial charge in [-0.1, -0.05) is 71.3 Å². The van der Waals surface area contributed by atoms with Crippen LogP contribution < -0.4 is 0 Å². The molecular weight excluding hydrogens is 220 g/mol. The molecule has 0 radical (unpaired) electrons. The van der Waals surface area contributed by atoms with Gasteiger partial charge in [-0.15, -0.1) is 0 Å². The first-order valence-corrected chi connectivity index (χ1v) is 7.96. The lowest BCUT2D eigenvalue weighted by molar-refractivity contribution is -0.105. The molecule has 1 nitrogen and oxygen atoms in total. The summed E-state index contributed by atoms with van der Waals surface area (Å²) in [6.07, 6.45) is 15.0. The number of unbranched alkanes of at least 4 members (excludes halogenated alkanes) is 7. The summed E-state index contributed by atoms with van der Waals surface area (Å²) in [6.45, 7) is 6.50. The lowest BCUT2D eigenvalue weighted by atomic mass is 9.98. The van der Waals surface area contributed by atoms with Crippen molar-refractivity contribution in [2.24, 2.45) is 0 Å². The van der Waals surface area contributed by atoms with Gasteiger partial charge in [0.1, 0.15) is 6.29 Å². The van der Waals surface area contributed by atoms with Gasteiger partial charge in [-0.2, -0.15) is 0 Å². The fourth-order valence-electron chi connectivity index (χ4n) is 2.45. The van der Waals surface area contributed by atoms with Gasteiger partial charge in [0, 0.05) is 0 Å². The second kappa shape index (κ2) is 12.9. The number of aldehydes is 1. The van der Waals surface area contributed by atoms with Crippen molar-refractivity contribution in [1.82, 2.24) is 0 Å². The fourth-order valence-corrected chi connectivity index (χ4v) is 2.45. The Morgan fingerprint density at radius 3 is 1.78 bits per heavy atom. The first-order valence-electron chi connectivity index (χ1n) is 7.96. The Bertz CT molecular complexity index is 228. The molecule has 0 unspecified atom stereocenters. The van der Waals surface area contributed by atoms with Crippen LogP contribution in [0.5, 0.6) is 0 Å². The molecule has 0 aromatic heterocycles. The van der Waals surface area contributed by atoms with Crippen LogP contribution in [0.3, 0.4) is 0 Å². The second-order valence-electron chi connectivity index (χ2n) is 5.18. The normalized spacial score (nSPS) is 12.4. The molecule has 0 N–H and O–H groups in total. The van der Waals surface area contributed by atoms with Gasteiger partial charge >= 0.3 is 0 Å². The molecule has 0 bridgehead atoms. The van der Waals surface area contributed by atoms with E-state index in [0.717, 1.165) is 31.1 Å². The molecule has 18 heavy (non-hydrogen) atoms. The summed E-state index contributed by atoms with van der Waals surface area (Å²) in [5, 5.41) is 0. The fraction of sp³-hybridized carbons (Fsp3) is 0.824. The van der Waals surface area contributed by atoms with Crippen molar-refractivity contribution in [2.75, 3.05) is 0 Å². The summed E-state index contributed by atoms with van der Waals surface area (Å²) in [4.78, 5) is 10.9. The van der Waals surface area contributed by atoms with Crippen molar-refractivity contribution >= 4 is 6.29 Å². The number of allylic oxidation sites excluding steroid dienone is 2. The third-order valence-electron chi connectivity index (χ3n) is 3.74. The maximum absolute atomic E-state index is 10.9. The molecule has 0 saturated heterocycles. The van der Waals surface area contributed by atoms with Crippen LogP contribution in [0.25, 0.3) is 0 Å². The number of rotatable bonds is 12. The molecule has 0 fully saturated rings. The van der Waals surface area contributed by atoms with Crippen LogP contribution in [-0.4, -0.2) is 6.29 Å². The minimum Gasteiger partial charge on any atom is -0.298 e. The third-order valence-corrected chi connectivity index (χ3v) is 3.74. The van der Waals surface area contributed by atoms with Crippen LogP contribution >= 0.6 is 0 Å². The van der Waals surface area contributed by atoms with E-state index in [-0.39, 0.29) is 0 Å². The van der Waals surface area contributed by atoms with E-state index in [2.05, 4.69) is 20.8 Å². The maximum Gasteiger partial charge on any atom is 0.145 e. The lowest BCUT2D eigenvalue weighted by Gasteiger charge is -2.08. The SMILES string of the molecule is CCCCCCCCCC/C(CC)=C(\C=O)CC. The zero-order valence-corrected chi connectivity index (χ0v) is 12.8. The number of hydrogen-bond donors (Lipinski definition) is 0. The molecule has 1 heteroatoms. The minimum absolute atomic E-state index is 0.893. The first-order chi connectivity index (χ1) is 8.79. The van der Waals surface area contributed by atoms with Gasteiger partial charge in [-0.25, -0.2) is 0 Å². The largest absolute Gasteiger partial charge is 0.298 e. The van der Waals surface area contributed by atoms with Crippen LogP contribution in [0, 0.1) is 0 Å². The Balaban J connectivity index is 3.63. The maximum atomic E-state index is 10.9. The molecule has 0 aliphatic heterocycles. The molecule has 0 saturated carbocycles. The summed E-state index contributed by atoms with van der Waals surface area (Å²) in [5.41, 5.74) is 2.43. The Kier molecular flexibility index (Phi) is 12.4. The topological polar surface area (TPSA) is 17.1 Å². The highest BCUT2D eigenvalue weighted by Crippen LogP contribution is 2.19. The van der Waals surface area contributed by atoms with Crippen molar-refractivity contribution in [3.63, 3.8) is 0 Å². The smallest absolute Gasteiger partial charge is 0.145 e. The summed E-state index contributed by atoms with van der Waals surface area (Å²) in [7, 11) is 0. The average Bonchev–Trinajstić information content (AvgIpc) is 2.40. The second-order valence-corrected chi connectivity index (χ2v) is 5.18. The molecule has 0 atom stereocenters. The van der Waals surface area contributed by atoms with E-state index in [1.54, 1.807) is 0 Å². The predicted octanol–water partition coefficient (Wildman–Crippen LogP) is 5.83. The van der Waals surface area contributed by atoms with Gasteiger partial charge < -0.3 is 0 Å². The third kappa shape index (κ3) is 8.49. The Labute approximate surface area is 114 Å². The minimum atomic E-state index is 0.893. The Morgan fingerprint density at radius 1 is 0.778 bits per heavy atom. The number of hydrogen-bond acceptors (Lipinski definition) is 1. The van der Waals surface area contributed by atoms with Gasteiger partial charge in [0.2, 0.25) is 0 Å². The van der Waals surface area contributed by atoms with E-state index < -0.39 is 0 Å². The quantitative estimate of drug-likeness (QED) is 0.242. The molecule has 106 valence electrons.